The monoisotopic (exact) mass is 237 g/mol. The van der Waals surface area contributed by atoms with Gasteiger partial charge in [-0.15, -0.1) is 0 Å². The largest absolute Gasteiger partial charge is 0.334 e. The second kappa shape index (κ2) is 8.29. The van der Waals surface area contributed by atoms with Crippen LogP contribution in [-0.2, 0) is 6.54 Å². The van der Waals surface area contributed by atoms with Gasteiger partial charge in [0.25, 0.3) is 0 Å². The lowest BCUT2D eigenvalue weighted by atomic mass is 10.1. The van der Waals surface area contributed by atoms with Crippen molar-refractivity contribution in [3.63, 3.8) is 0 Å². The summed E-state index contributed by atoms with van der Waals surface area (Å²) in [6.45, 7) is 5.42. The van der Waals surface area contributed by atoms with Crippen LogP contribution in [0.5, 0.6) is 0 Å². The number of imidazole rings is 1. The van der Waals surface area contributed by atoms with Gasteiger partial charge in [0.05, 0.1) is 6.04 Å². The van der Waals surface area contributed by atoms with Crippen LogP contribution in [0.2, 0.25) is 0 Å². The molecule has 98 valence electrons. The van der Waals surface area contributed by atoms with E-state index in [1.165, 1.54) is 38.5 Å². The van der Waals surface area contributed by atoms with Gasteiger partial charge in [-0.25, -0.2) is 4.98 Å². The number of rotatable bonds is 9. The maximum atomic E-state index is 6.03. The minimum atomic E-state index is 0.0880. The van der Waals surface area contributed by atoms with Crippen molar-refractivity contribution in [1.82, 2.24) is 9.55 Å². The van der Waals surface area contributed by atoms with Gasteiger partial charge in [0.2, 0.25) is 0 Å². The molecule has 17 heavy (non-hydrogen) atoms. The van der Waals surface area contributed by atoms with Crippen molar-refractivity contribution in [2.75, 3.05) is 0 Å². The summed E-state index contributed by atoms with van der Waals surface area (Å²) in [4.78, 5) is 4.35. The second-order valence-electron chi connectivity index (χ2n) is 4.76. The first-order chi connectivity index (χ1) is 8.29. The van der Waals surface area contributed by atoms with Gasteiger partial charge in [0, 0.05) is 18.9 Å². The van der Waals surface area contributed by atoms with E-state index in [9.17, 15) is 0 Å². The van der Waals surface area contributed by atoms with Crippen LogP contribution in [0.3, 0.4) is 0 Å². The first-order valence-corrected chi connectivity index (χ1v) is 7.06. The summed E-state index contributed by atoms with van der Waals surface area (Å²) >= 11 is 0. The fraction of sp³-hybridized carbons (Fsp3) is 0.786. The zero-order chi connectivity index (χ0) is 12.5. The normalized spacial score (nSPS) is 12.9. The first-order valence-electron chi connectivity index (χ1n) is 7.06. The number of nitrogens with two attached hydrogens (primary N) is 1. The highest BCUT2D eigenvalue weighted by molar-refractivity contribution is 4.97. The Bertz CT molecular complexity index is 293. The van der Waals surface area contributed by atoms with E-state index in [4.69, 9.17) is 5.73 Å². The van der Waals surface area contributed by atoms with Gasteiger partial charge >= 0.3 is 0 Å². The van der Waals surface area contributed by atoms with E-state index in [-0.39, 0.29) is 6.04 Å². The smallest absolute Gasteiger partial charge is 0.125 e. The van der Waals surface area contributed by atoms with E-state index < -0.39 is 0 Å². The Balaban J connectivity index is 2.24. The van der Waals surface area contributed by atoms with Gasteiger partial charge in [-0.1, -0.05) is 46.0 Å². The number of hydrogen-bond acceptors (Lipinski definition) is 2. The predicted octanol–water partition coefficient (Wildman–Crippen LogP) is 3.65. The van der Waals surface area contributed by atoms with Crippen molar-refractivity contribution in [3.8, 4) is 0 Å². The van der Waals surface area contributed by atoms with Crippen LogP contribution in [0.4, 0.5) is 0 Å². The molecule has 0 saturated heterocycles. The molecule has 0 aliphatic rings. The number of nitrogens with zero attached hydrogens (tertiary/aromatic N) is 2. The summed E-state index contributed by atoms with van der Waals surface area (Å²) in [6, 6.07) is 0.0880. The van der Waals surface area contributed by atoms with Crippen molar-refractivity contribution in [1.29, 1.82) is 0 Å². The summed E-state index contributed by atoms with van der Waals surface area (Å²) in [5.41, 5.74) is 6.03. The fourth-order valence-electron chi connectivity index (χ4n) is 2.08. The lowest BCUT2D eigenvalue weighted by molar-refractivity contribution is 0.522. The Morgan fingerprint density at radius 3 is 2.59 bits per heavy atom. The number of aromatic nitrogens is 2. The summed E-state index contributed by atoms with van der Waals surface area (Å²) < 4.78 is 2.22. The van der Waals surface area contributed by atoms with Crippen molar-refractivity contribution >= 4 is 0 Å². The Hall–Kier alpha value is -0.830. The lowest BCUT2D eigenvalue weighted by Crippen LogP contribution is -2.15. The zero-order valence-corrected chi connectivity index (χ0v) is 11.4. The quantitative estimate of drug-likeness (QED) is 0.666. The molecule has 3 heteroatoms. The van der Waals surface area contributed by atoms with Crippen LogP contribution in [0.25, 0.3) is 0 Å². The van der Waals surface area contributed by atoms with E-state index >= 15 is 0 Å². The van der Waals surface area contributed by atoms with Crippen LogP contribution in [0, 0.1) is 0 Å². The standard InChI is InChI=1S/C14H27N3/c1-3-5-6-7-8-9-11-17-12-10-16-14(17)13(15)4-2/h10,12-13H,3-9,11,15H2,1-2H3. The third-order valence-electron chi connectivity index (χ3n) is 3.27. The molecule has 0 saturated carbocycles. The summed E-state index contributed by atoms with van der Waals surface area (Å²) in [6.07, 6.45) is 12.8. The van der Waals surface area contributed by atoms with Crippen molar-refractivity contribution in [3.05, 3.63) is 18.2 Å². The zero-order valence-electron chi connectivity index (χ0n) is 11.4. The molecule has 1 aromatic heterocycles. The van der Waals surface area contributed by atoms with Gasteiger partial charge in [-0.3, -0.25) is 0 Å². The highest BCUT2D eigenvalue weighted by Gasteiger charge is 2.09. The third kappa shape index (κ3) is 4.90. The first kappa shape index (κ1) is 14.2. The SMILES string of the molecule is CCCCCCCCn1ccnc1C(N)CC. The summed E-state index contributed by atoms with van der Waals surface area (Å²) in [5, 5.41) is 0. The Morgan fingerprint density at radius 2 is 1.88 bits per heavy atom. The van der Waals surface area contributed by atoms with Gasteiger partial charge in [-0.05, 0) is 12.8 Å². The number of hydrogen-bond donors (Lipinski definition) is 1. The summed E-state index contributed by atoms with van der Waals surface area (Å²) in [7, 11) is 0. The maximum absolute atomic E-state index is 6.03. The van der Waals surface area contributed by atoms with E-state index in [0.29, 0.717) is 0 Å². The molecule has 2 N–H and O–H groups in total. The molecule has 3 nitrogen and oxygen atoms in total. The second-order valence-corrected chi connectivity index (χ2v) is 4.76. The highest BCUT2D eigenvalue weighted by atomic mass is 15.1. The molecule has 0 bridgehead atoms. The molecule has 0 radical (unpaired) electrons. The van der Waals surface area contributed by atoms with E-state index in [2.05, 4.69) is 29.6 Å². The van der Waals surface area contributed by atoms with Gasteiger partial charge in [0.15, 0.2) is 0 Å². The predicted molar refractivity (Wildman–Crippen MR) is 72.8 cm³/mol. The molecule has 0 aliphatic heterocycles. The van der Waals surface area contributed by atoms with Gasteiger partial charge < -0.3 is 10.3 Å². The van der Waals surface area contributed by atoms with Gasteiger partial charge in [-0.2, -0.15) is 0 Å². The van der Waals surface area contributed by atoms with Crippen molar-refractivity contribution in [2.45, 2.75) is 71.4 Å². The van der Waals surface area contributed by atoms with Crippen LogP contribution in [0.1, 0.15) is 70.7 Å². The molecule has 0 amide bonds. The number of unbranched alkanes of at least 4 members (excludes halogenated alkanes) is 5. The third-order valence-corrected chi connectivity index (χ3v) is 3.27. The molecule has 0 aromatic carbocycles. The lowest BCUT2D eigenvalue weighted by Gasteiger charge is -2.12. The molecule has 1 unspecified atom stereocenters. The molecule has 1 heterocycles. The molecule has 0 spiro atoms. The Morgan fingerprint density at radius 1 is 1.18 bits per heavy atom. The average Bonchev–Trinajstić information content (AvgIpc) is 2.81. The topological polar surface area (TPSA) is 43.8 Å². The molecule has 1 rings (SSSR count). The molecule has 0 aliphatic carbocycles. The van der Waals surface area contributed by atoms with Crippen molar-refractivity contribution in [2.24, 2.45) is 5.73 Å². The molecular weight excluding hydrogens is 210 g/mol. The minimum Gasteiger partial charge on any atom is -0.334 e. The Labute approximate surface area is 105 Å². The van der Waals surface area contributed by atoms with Gasteiger partial charge in [0.1, 0.15) is 5.82 Å². The molecule has 1 atom stereocenters. The maximum Gasteiger partial charge on any atom is 0.125 e. The number of aryl methyl sites for hydroxylation is 1. The van der Waals surface area contributed by atoms with Crippen LogP contribution in [0.15, 0.2) is 12.4 Å². The highest BCUT2D eigenvalue weighted by Crippen LogP contribution is 2.13. The van der Waals surface area contributed by atoms with E-state index in [0.717, 1.165) is 18.8 Å². The van der Waals surface area contributed by atoms with Crippen LogP contribution < -0.4 is 5.73 Å². The van der Waals surface area contributed by atoms with E-state index in [1.807, 2.05) is 6.20 Å². The molecular formula is C14H27N3. The summed E-state index contributed by atoms with van der Waals surface area (Å²) in [5.74, 6) is 1.04. The molecule has 1 aromatic rings. The van der Waals surface area contributed by atoms with Crippen molar-refractivity contribution < 1.29 is 0 Å². The average molecular weight is 237 g/mol. The Kier molecular flexibility index (Phi) is 6.94. The fourth-order valence-corrected chi connectivity index (χ4v) is 2.08. The van der Waals surface area contributed by atoms with E-state index in [1.54, 1.807) is 0 Å². The molecule has 0 fully saturated rings. The van der Waals surface area contributed by atoms with Crippen LogP contribution >= 0.6 is 0 Å². The minimum absolute atomic E-state index is 0.0880. The van der Waals surface area contributed by atoms with Crippen LogP contribution in [-0.4, -0.2) is 9.55 Å².